The molecule has 0 aromatic heterocycles. The first-order valence-electron chi connectivity index (χ1n) is 3.72. The van der Waals surface area contributed by atoms with Gasteiger partial charge in [0, 0.05) is 13.6 Å². The van der Waals surface area contributed by atoms with Crippen LogP contribution in [-0.2, 0) is 4.79 Å². The van der Waals surface area contributed by atoms with Crippen molar-refractivity contribution in [2.75, 3.05) is 13.6 Å². The molecule has 60 valence electrons. The molecule has 1 heterocycles. The van der Waals surface area contributed by atoms with Crippen molar-refractivity contribution in [2.45, 2.75) is 12.8 Å². The van der Waals surface area contributed by atoms with Crippen molar-refractivity contribution in [2.24, 2.45) is 5.41 Å². The first kappa shape index (κ1) is 6.64. The zero-order valence-corrected chi connectivity index (χ0v) is 6.39. The standard InChI is InChI=1S/C7H10N2O2/c1-9-5(10)7(2-3-7)4-8-6(9)11/h2-4H2,1H3,(H,8,11). The third-order valence-electron chi connectivity index (χ3n) is 2.49. The number of urea groups is 1. The van der Waals surface area contributed by atoms with Gasteiger partial charge in [0.2, 0.25) is 5.91 Å². The number of imide groups is 1. The molecular formula is C7H10N2O2. The number of hydrogen-bond donors (Lipinski definition) is 1. The summed E-state index contributed by atoms with van der Waals surface area (Å²) in [5, 5.41) is 2.68. The largest absolute Gasteiger partial charge is 0.337 e. The zero-order valence-electron chi connectivity index (χ0n) is 6.39. The summed E-state index contributed by atoms with van der Waals surface area (Å²) in [7, 11) is 1.52. The molecule has 1 saturated heterocycles. The predicted molar refractivity (Wildman–Crippen MR) is 37.8 cm³/mol. The zero-order chi connectivity index (χ0) is 8.06. The maximum Gasteiger partial charge on any atom is 0.323 e. The van der Waals surface area contributed by atoms with Crippen LogP contribution < -0.4 is 5.32 Å². The molecule has 4 heteroatoms. The summed E-state index contributed by atoms with van der Waals surface area (Å²) >= 11 is 0. The van der Waals surface area contributed by atoms with E-state index in [1.54, 1.807) is 0 Å². The Balaban J connectivity index is 2.22. The number of rotatable bonds is 0. The normalized spacial score (nSPS) is 27.2. The fourth-order valence-electron chi connectivity index (χ4n) is 1.43. The minimum atomic E-state index is -0.271. The Hall–Kier alpha value is -1.06. The molecule has 4 nitrogen and oxygen atoms in total. The van der Waals surface area contributed by atoms with Crippen LogP contribution in [0.4, 0.5) is 4.79 Å². The molecular weight excluding hydrogens is 144 g/mol. The number of nitrogens with zero attached hydrogens (tertiary/aromatic N) is 1. The molecule has 3 amide bonds. The maximum absolute atomic E-state index is 11.4. The van der Waals surface area contributed by atoms with Crippen LogP contribution in [0, 0.1) is 5.41 Å². The van der Waals surface area contributed by atoms with Crippen molar-refractivity contribution in [3.63, 3.8) is 0 Å². The Kier molecular flexibility index (Phi) is 1.06. The van der Waals surface area contributed by atoms with E-state index < -0.39 is 0 Å². The molecule has 0 aromatic carbocycles. The lowest BCUT2D eigenvalue weighted by Crippen LogP contribution is -2.54. The second kappa shape index (κ2) is 1.75. The topological polar surface area (TPSA) is 49.4 Å². The van der Waals surface area contributed by atoms with E-state index in [1.165, 1.54) is 11.9 Å². The van der Waals surface area contributed by atoms with Crippen LogP contribution in [0.25, 0.3) is 0 Å². The molecule has 0 atom stereocenters. The van der Waals surface area contributed by atoms with Gasteiger partial charge in [-0.05, 0) is 12.8 Å². The van der Waals surface area contributed by atoms with Crippen LogP contribution in [0.2, 0.25) is 0 Å². The smallest absolute Gasteiger partial charge is 0.323 e. The quantitative estimate of drug-likeness (QED) is 0.531. The average molecular weight is 154 g/mol. The minimum absolute atomic E-state index is 0.0127. The number of carbonyl (C=O) groups is 2. The third kappa shape index (κ3) is 0.751. The molecule has 1 N–H and O–H groups in total. The van der Waals surface area contributed by atoms with Crippen LogP contribution in [0.1, 0.15) is 12.8 Å². The van der Waals surface area contributed by atoms with Crippen molar-refractivity contribution in [3.8, 4) is 0 Å². The number of carbonyl (C=O) groups excluding carboxylic acids is 2. The van der Waals surface area contributed by atoms with Gasteiger partial charge in [0.1, 0.15) is 0 Å². The van der Waals surface area contributed by atoms with Gasteiger partial charge in [-0.3, -0.25) is 9.69 Å². The summed E-state index contributed by atoms with van der Waals surface area (Å²) in [5.74, 6) is -0.0127. The molecule has 0 radical (unpaired) electrons. The molecule has 0 aromatic rings. The van der Waals surface area contributed by atoms with Crippen molar-refractivity contribution in [3.05, 3.63) is 0 Å². The fraction of sp³-hybridized carbons (Fsp3) is 0.714. The van der Waals surface area contributed by atoms with E-state index >= 15 is 0 Å². The highest BCUT2D eigenvalue weighted by molar-refractivity contribution is 6.01. The van der Waals surface area contributed by atoms with Crippen LogP contribution in [-0.4, -0.2) is 30.4 Å². The lowest BCUT2D eigenvalue weighted by atomic mass is 10.0. The highest BCUT2D eigenvalue weighted by Crippen LogP contribution is 2.47. The Bertz CT molecular complexity index is 233. The second-order valence-corrected chi connectivity index (χ2v) is 3.30. The summed E-state index contributed by atoms with van der Waals surface area (Å²) in [6, 6.07) is -0.271. The monoisotopic (exact) mass is 154 g/mol. The average Bonchev–Trinajstić information content (AvgIpc) is 2.76. The Morgan fingerprint density at radius 1 is 1.45 bits per heavy atom. The van der Waals surface area contributed by atoms with E-state index in [9.17, 15) is 9.59 Å². The van der Waals surface area contributed by atoms with Crippen LogP contribution in [0.5, 0.6) is 0 Å². The van der Waals surface area contributed by atoms with Crippen LogP contribution >= 0.6 is 0 Å². The molecule has 1 spiro atoms. The first-order chi connectivity index (χ1) is 5.16. The molecule has 1 saturated carbocycles. The molecule has 11 heavy (non-hydrogen) atoms. The van der Waals surface area contributed by atoms with E-state index in [-0.39, 0.29) is 17.4 Å². The summed E-state index contributed by atoms with van der Waals surface area (Å²) in [5.41, 5.74) is -0.206. The van der Waals surface area contributed by atoms with Gasteiger partial charge in [-0.25, -0.2) is 4.79 Å². The number of amides is 3. The van der Waals surface area contributed by atoms with E-state index in [0.29, 0.717) is 6.54 Å². The molecule has 2 aliphatic rings. The molecule has 1 aliphatic carbocycles. The van der Waals surface area contributed by atoms with E-state index in [2.05, 4.69) is 5.32 Å². The van der Waals surface area contributed by atoms with Crippen LogP contribution in [0.3, 0.4) is 0 Å². The highest BCUT2D eigenvalue weighted by Gasteiger charge is 2.54. The molecule has 1 aliphatic heterocycles. The second-order valence-electron chi connectivity index (χ2n) is 3.30. The lowest BCUT2D eigenvalue weighted by molar-refractivity contribution is -0.134. The predicted octanol–water partition coefficient (Wildman–Crippen LogP) is -0.0518. The maximum atomic E-state index is 11.4. The Labute approximate surface area is 64.5 Å². The molecule has 0 bridgehead atoms. The van der Waals surface area contributed by atoms with Gasteiger partial charge in [0.15, 0.2) is 0 Å². The van der Waals surface area contributed by atoms with Crippen molar-refractivity contribution in [1.29, 1.82) is 0 Å². The van der Waals surface area contributed by atoms with E-state index in [1.807, 2.05) is 0 Å². The van der Waals surface area contributed by atoms with Gasteiger partial charge in [-0.1, -0.05) is 0 Å². The van der Waals surface area contributed by atoms with Crippen molar-refractivity contribution in [1.82, 2.24) is 10.2 Å². The minimum Gasteiger partial charge on any atom is -0.337 e. The van der Waals surface area contributed by atoms with Crippen LogP contribution in [0.15, 0.2) is 0 Å². The number of hydrogen-bond acceptors (Lipinski definition) is 2. The summed E-state index contributed by atoms with van der Waals surface area (Å²) < 4.78 is 0. The third-order valence-corrected chi connectivity index (χ3v) is 2.49. The highest BCUT2D eigenvalue weighted by atomic mass is 16.2. The molecule has 2 fully saturated rings. The Morgan fingerprint density at radius 2 is 2.09 bits per heavy atom. The number of nitrogens with one attached hydrogen (secondary N) is 1. The fourth-order valence-corrected chi connectivity index (χ4v) is 1.43. The van der Waals surface area contributed by atoms with Gasteiger partial charge in [-0.2, -0.15) is 0 Å². The van der Waals surface area contributed by atoms with Gasteiger partial charge >= 0.3 is 6.03 Å². The first-order valence-corrected chi connectivity index (χ1v) is 3.72. The van der Waals surface area contributed by atoms with Crippen molar-refractivity contribution < 1.29 is 9.59 Å². The van der Waals surface area contributed by atoms with Gasteiger partial charge in [-0.15, -0.1) is 0 Å². The van der Waals surface area contributed by atoms with E-state index in [0.717, 1.165) is 12.8 Å². The van der Waals surface area contributed by atoms with Crippen molar-refractivity contribution >= 4 is 11.9 Å². The molecule has 2 rings (SSSR count). The summed E-state index contributed by atoms with van der Waals surface area (Å²) in [6.45, 7) is 0.537. The lowest BCUT2D eigenvalue weighted by Gasteiger charge is -2.28. The SMILES string of the molecule is CN1C(=O)NCC2(CC2)C1=O. The van der Waals surface area contributed by atoms with Gasteiger partial charge < -0.3 is 5.32 Å². The van der Waals surface area contributed by atoms with E-state index in [4.69, 9.17) is 0 Å². The molecule has 0 unspecified atom stereocenters. The van der Waals surface area contributed by atoms with Gasteiger partial charge in [0.25, 0.3) is 0 Å². The Morgan fingerprint density at radius 3 is 2.64 bits per heavy atom. The summed E-state index contributed by atoms with van der Waals surface area (Å²) in [4.78, 5) is 23.5. The summed E-state index contributed by atoms with van der Waals surface area (Å²) in [6.07, 6.45) is 1.85. The van der Waals surface area contributed by atoms with Gasteiger partial charge in [0.05, 0.1) is 5.41 Å².